The Hall–Kier alpha value is -2.19. The van der Waals surface area contributed by atoms with Crippen LogP contribution < -0.4 is 0 Å². The van der Waals surface area contributed by atoms with Gasteiger partial charge in [0.05, 0.1) is 11.3 Å². The van der Waals surface area contributed by atoms with E-state index >= 15 is 0 Å². The van der Waals surface area contributed by atoms with Gasteiger partial charge in [-0.25, -0.2) is 9.97 Å². The van der Waals surface area contributed by atoms with Gasteiger partial charge in [-0.2, -0.15) is 0 Å². The number of fused-ring (bicyclic) bond motifs is 1. The third-order valence-corrected chi connectivity index (χ3v) is 6.24. The monoisotopic (exact) mass is 386 g/mol. The second-order valence-corrected chi connectivity index (χ2v) is 8.32. The zero-order valence-corrected chi connectivity index (χ0v) is 16.8. The summed E-state index contributed by atoms with van der Waals surface area (Å²) in [6.07, 6.45) is 0. The van der Waals surface area contributed by atoms with Crippen LogP contribution in [-0.2, 0) is 5.75 Å². The van der Waals surface area contributed by atoms with Crippen molar-refractivity contribution in [1.82, 2.24) is 20.2 Å². The van der Waals surface area contributed by atoms with Gasteiger partial charge in [0.2, 0.25) is 5.89 Å². The Morgan fingerprint density at radius 3 is 2.58 bits per heavy atom. The first-order valence-electron chi connectivity index (χ1n) is 8.19. The molecule has 4 aromatic heterocycles. The molecule has 0 N–H and O–H groups in total. The van der Waals surface area contributed by atoms with Gasteiger partial charge in [-0.05, 0) is 46.2 Å². The number of hydrogen-bond donors (Lipinski definition) is 0. The van der Waals surface area contributed by atoms with E-state index in [1.54, 1.807) is 23.1 Å². The number of aryl methyl sites for hydroxylation is 5. The van der Waals surface area contributed by atoms with E-state index in [1.165, 1.54) is 10.4 Å². The SMILES string of the molecule is Cc1nc(SCc2nnc(-c3cc(C)oc3C)o2)c2c(C)c(C)sc2n1. The third-order valence-electron chi connectivity index (χ3n) is 4.18. The molecule has 4 rings (SSSR count). The largest absolute Gasteiger partial charge is 0.466 e. The first-order chi connectivity index (χ1) is 12.4. The molecule has 0 aromatic carbocycles. The van der Waals surface area contributed by atoms with Crippen molar-refractivity contribution < 1.29 is 8.83 Å². The second kappa shape index (κ2) is 6.51. The number of aromatic nitrogens is 4. The van der Waals surface area contributed by atoms with Crippen LogP contribution in [0.15, 0.2) is 19.9 Å². The van der Waals surface area contributed by atoms with Crippen molar-refractivity contribution in [2.45, 2.75) is 45.4 Å². The molecule has 0 spiro atoms. The third kappa shape index (κ3) is 3.03. The zero-order chi connectivity index (χ0) is 18.4. The number of hydrogen-bond acceptors (Lipinski definition) is 8. The smallest absolute Gasteiger partial charge is 0.251 e. The highest BCUT2D eigenvalue weighted by atomic mass is 32.2. The van der Waals surface area contributed by atoms with E-state index in [1.807, 2.05) is 26.8 Å². The van der Waals surface area contributed by atoms with E-state index in [-0.39, 0.29) is 0 Å². The van der Waals surface area contributed by atoms with Crippen molar-refractivity contribution in [2.75, 3.05) is 0 Å². The van der Waals surface area contributed by atoms with Gasteiger partial charge in [-0.1, -0.05) is 11.8 Å². The molecule has 0 radical (unpaired) electrons. The summed E-state index contributed by atoms with van der Waals surface area (Å²) in [7, 11) is 0. The molecular formula is C18H18N4O2S2. The fraction of sp³-hybridized carbons (Fsp3) is 0.333. The lowest BCUT2D eigenvalue weighted by Crippen LogP contribution is -1.92. The van der Waals surface area contributed by atoms with Gasteiger partial charge in [0, 0.05) is 10.3 Å². The summed E-state index contributed by atoms with van der Waals surface area (Å²) < 4.78 is 11.4. The Morgan fingerprint density at radius 2 is 1.85 bits per heavy atom. The minimum Gasteiger partial charge on any atom is -0.466 e. The van der Waals surface area contributed by atoms with Gasteiger partial charge in [0.25, 0.3) is 5.89 Å². The first-order valence-corrected chi connectivity index (χ1v) is 9.99. The van der Waals surface area contributed by atoms with E-state index in [2.05, 4.69) is 34.0 Å². The van der Waals surface area contributed by atoms with Crippen LogP contribution in [0.5, 0.6) is 0 Å². The lowest BCUT2D eigenvalue weighted by atomic mass is 10.2. The summed E-state index contributed by atoms with van der Waals surface area (Å²) >= 11 is 3.31. The Balaban J connectivity index is 1.60. The number of furan rings is 1. The van der Waals surface area contributed by atoms with Crippen molar-refractivity contribution in [3.8, 4) is 11.5 Å². The van der Waals surface area contributed by atoms with Crippen molar-refractivity contribution in [1.29, 1.82) is 0 Å². The fourth-order valence-corrected chi connectivity index (χ4v) is 4.92. The van der Waals surface area contributed by atoms with E-state index in [0.29, 0.717) is 17.5 Å². The molecule has 4 aromatic rings. The van der Waals surface area contributed by atoms with Gasteiger partial charge in [0.15, 0.2) is 0 Å². The summed E-state index contributed by atoms with van der Waals surface area (Å²) in [6.45, 7) is 9.94. The van der Waals surface area contributed by atoms with E-state index < -0.39 is 0 Å². The average Bonchev–Trinajstić information content (AvgIpc) is 3.24. The minimum absolute atomic E-state index is 0.488. The summed E-state index contributed by atoms with van der Waals surface area (Å²) in [5.74, 6) is 4.00. The summed E-state index contributed by atoms with van der Waals surface area (Å²) in [4.78, 5) is 11.5. The molecule has 0 unspecified atom stereocenters. The maximum atomic E-state index is 5.82. The quantitative estimate of drug-likeness (QED) is 0.354. The van der Waals surface area contributed by atoms with Crippen molar-refractivity contribution in [3.63, 3.8) is 0 Å². The molecule has 0 aliphatic carbocycles. The van der Waals surface area contributed by atoms with Crippen LogP contribution in [0.4, 0.5) is 0 Å². The van der Waals surface area contributed by atoms with Crippen molar-refractivity contribution >= 4 is 33.3 Å². The molecule has 0 aliphatic heterocycles. The molecule has 0 saturated carbocycles. The fourth-order valence-electron chi connectivity index (χ4n) is 2.81. The molecule has 4 heterocycles. The number of rotatable bonds is 4. The Morgan fingerprint density at radius 1 is 1.04 bits per heavy atom. The molecule has 134 valence electrons. The van der Waals surface area contributed by atoms with Crippen molar-refractivity contribution in [3.05, 3.63) is 39.7 Å². The number of thiophene rings is 1. The highest BCUT2D eigenvalue weighted by Crippen LogP contribution is 2.36. The van der Waals surface area contributed by atoms with Crippen LogP contribution in [0.25, 0.3) is 21.7 Å². The molecule has 26 heavy (non-hydrogen) atoms. The van der Waals surface area contributed by atoms with Gasteiger partial charge in [-0.3, -0.25) is 0 Å². The molecule has 0 aliphatic rings. The summed E-state index contributed by atoms with van der Waals surface area (Å²) in [6, 6.07) is 1.91. The number of nitrogens with zero attached hydrogens (tertiary/aromatic N) is 4. The minimum atomic E-state index is 0.488. The van der Waals surface area contributed by atoms with Crippen LogP contribution in [0.3, 0.4) is 0 Å². The predicted molar refractivity (Wildman–Crippen MR) is 103 cm³/mol. The molecule has 0 fully saturated rings. The molecule has 0 saturated heterocycles. The van der Waals surface area contributed by atoms with Crippen LogP contribution in [0, 0.1) is 34.6 Å². The molecule has 0 amide bonds. The molecule has 6 nitrogen and oxygen atoms in total. The van der Waals surface area contributed by atoms with Gasteiger partial charge >= 0.3 is 0 Å². The van der Waals surface area contributed by atoms with Crippen LogP contribution >= 0.6 is 23.1 Å². The van der Waals surface area contributed by atoms with E-state index in [4.69, 9.17) is 8.83 Å². The highest BCUT2D eigenvalue weighted by Gasteiger charge is 2.17. The van der Waals surface area contributed by atoms with Crippen molar-refractivity contribution in [2.24, 2.45) is 0 Å². The second-order valence-electron chi connectivity index (χ2n) is 6.16. The van der Waals surface area contributed by atoms with Gasteiger partial charge < -0.3 is 8.83 Å². The van der Waals surface area contributed by atoms with E-state index in [9.17, 15) is 0 Å². The zero-order valence-electron chi connectivity index (χ0n) is 15.2. The normalized spacial score (nSPS) is 11.6. The lowest BCUT2D eigenvalue weighted by Gasteiger charge is -2.03. The summed E-state index contributed by atoms with van der Waals surface area (Å²) in [5, 5.41) is 10.4. The average molecular weight is 387 g/mol. The summed E-state index contributed by atoms with van der Waals surface area (Å²) in [5.41, 5.74) is 2.08. The Bertz CT molecular complexity index is 1110. The Kier molecular flexibility index (Phi) is 4.32. The standard InChI is InChI=1S/C18H18N4O2S2/c1-8-6-13(10(3)23-8)16-22-21-14(24-16)7-25-17-15-9(2)11(4)26-18(15)20-12(5)19-17/h6H,7H2,1-5H3. The maximum Gasteiger partial charge on any atom is 0.251 e. The molecule has 8 heteroatoms. The van der Waals surface area contributed by atoms with Gasteiger partial charge in [0.1, 0.15) is 27.2 Å². The van der Waals surface area contributed by atoms with Crippen LogP contribution in [0.1, 0.15) is 33.7 Å². The molecular weight excluding hydrogens is 368 g/mol. The van der Waals surface area contributed by atoms with E-state index in [0.717, 1.165) is 38.2 Å². The lowest BCUT2D eigenvalue weighted by molar-refractivity contribution is 0.499. The molecule has 0 atom stereocenters. The number of thioether (sulfide) groups is 1. The van der Waals surface area contributed by atoms with Crippen LogP contribution in [-0.4, -0.2) is 20.2 Å². The topological polar surface area (TPSA) is 77.8 Å². The predicted octanol–water partition coefficient (Wildman–Crippen LogP) is 5.17. The highest BCUT2D eigenvalue weighted by molar-refractivity contribution is 7.98. The maximum absolute atomic E-state index is 5.82. The van der Waals surface area contributed by atoms with Gasteiger partial charge in [-0.15, -0.1) is 21.5 Å². The first kappa shape index (κ1) is 17.2. The molecule has 0 bridgehead atoms. The van der Waals surface area contributed by atoms with Crippen LogP contribution in [0.2, 0.25) is 0 Å². The Labute approximate surface area is 159 Å².